The van der Waals surface area contributed by atoms with Gasteiger partial charge in [-0.05, 0) is 29.8 Å². The Kier molecular flexibility index (Phi) is 8.16. The van der Waals surface area contributed by atoms with Gasteiger partial charge in [0.1, 0.15) is 10.7 Å². The van der Waals surface area contributed by atoms with Gasteiger partial charge < -0.3 is 10.1 Å². The molecule has 5 rings (SSSR count). The van der Waals surface area contributed by atoms with E-state index in [1.54, 1.807) is 37.7 Å². The van der Waals surface area contributed by atoms with E-state index < -0.39 is 17.7 Å². The van der Waals surface area contributed by atoms with Gasteiger partial charge in [-0.15, -0.1) is 0 Å². The summed E-state index contributed by atoms with van der Waals surface area (Å²) in [5.74, 6) is -1.82. The lowest BCUT2D eigenvalue weighted by molar-refractivity contribution is 0.159. The van der Waals surface area contributed by atoms with Crippen molar-refractivity contribution < 1.29 is 18.3 Å². The number of nitrogens with zero attached hydrogens (tertiary/aromatic N) is 4. The van der Waals surface area contributed by atoms with Gasteiger partial charge in [-0.3, -0.25) is 15.2 Å². The first-order valence-electron chi connectivity index (χ1n) is 12.4. The first kappa shape index (κ1) is 26.7. The summed E-state index contributed by atoms with van der Waals surface area (Å²) in [6.45, 7) is 2.19. The third-order valence-electron chi connectivity index (χ3n) is 6.69. The molecule has 3 heterocycles. The molecule has 2 aromatic heterocycles. The van der Waals surface area contributed by atoms with Crippen LogP contribution in [0.1, 0.15) is 11.5 Å². The summed E-state index contributed by atoms with van der Waals surface area (Å²) in [5.41, 5.74) is 2.51. The van der Waals surface area contributed by atoms with Crippen molar-refractivity contribution in [2.24, 2.45) is 0 Å². The summed E-state index contributed by atoms with van der Waals surface area (Å²) < 4.78 is 34.4. The third kappa shape index (κ3) is 5.93. The summed E-state index contributed by atoms with van der Waals surface area (Å²) in [5, 5.41) is 10.8. The van der Waals surface area contributed by atoms with Crippen molar-refractivity contribution in [3.8, 4) is 16.9 Å². The van der Waals surface area contributed by atoms with Crippen LogP contribution in [0.15, 0.2) is 73.1 Å². The fraction of sp³-hybridized carbons (Fsp3) is 0.250. The van der Waals surface area contributed by atoms with E-state index >= 15 is 0 Å². The first-order valence-corrected chi connectivity index (χ1v) is 12.8. The minimum Gasteiger partial charge on any atom is -0.383 e. The highest BCUT2D eigenvalue weighted by Gasteiger charge is 2.35. The van der Waals surface area contributed by atoms with E-state index in [1.165, 1.54) is 10.7 Å². The molecule has 1 aliphatic heterocycles. The number of carbonyl (C=O) groups excluding carboxylic acids is 1. The van der Waals surface area contributed by atoms with E-state index in [0.29, 0.717) is 43.2 Å². The van der Waals surface area contributed by atoms with Crippen LogP contribution in [0, 0.1) is 11.6 Å². The SMILES string of the molecule is COCCN1C[C@@H](NC(=O)Nc2c(Cl)c(-c3ccccc3)nn2-c2cccnc2)[C@H](c2ccc(F)c(F)c2)C1. The number of pyridine rings is 1. The predicted molar refractivity (Wildman–Crippen MR) is 145 cm³/mol. The van der Waals surface area contributed by atoms with Crippen molar-refractivity contribution in [2.75, 3.05) is 38.7 Å². The van der Waals surface area contributed by atoms with Gasteiger partial charge in [-0.25, -0.2) is 18.3 Å². The molecule has 39 heavy (non-hydrogen) atoms. The number of amides is 2. The number of carbonyl (C=O) groups is 1. The Morgan fingerprint density at radius 3 is 2.64 bits per heavy atom. The summed E-state index contributed by atoms with van der Waals surface area (Å²) in [6.07, 6.45) is 3.26. The van der Waals surface area contributed by atoms with Crippen LogP contribution in [-0.4, -0.2) is 65.1 Å². The van der Waals surface area contributed by atoms with Crippen LogP contribution in [-0.2, 0) is 4.74 Å². The predicted octanol–water partition coefficient (Wildman–Crippen LogP) is 5.10. The van der Waals surface area contributed by atoms with Gasteiger partial charge in [0.05, 0.1) is 24.5 Å². The number of hydrogen-bond acceptors (Lipinski definition) is 5. The highest BCUT2D eigenvalue weighted by atomic mass is 35.5. The molecule has 11 heteroatoms. The zero-order valence-electron chi connectivity index (χ0n) is 21.2. The molecule has 0 unspecified atom stereocenters. The Morgan fingerprint density at radius 1 is 1.10 bits per heavy atom. The number of benzene rings is 2. The number of halogens is 3. The lowest BCUT2D eigenvalue weighted by Gasteiger charge is -2.21. The molecule has 0 aliphatic carbocycles. The van der Waals surface area contributed by atoms with E-state index in [-0.39, 0.29) is 22.8 Å². The van der Waals surface area contributed by atoms with Crippen molar-refractivity contribution in [1.82, 2.24) is 25.0 Å². The molecular formula is C28H27ClF2N6O2. The van der Waals surface area contributed by atoms with Crippen LogP contribution in [0.3, 0.4) is 0 Å². The Hall–Kier alpha value is -3.86. The van der Waals surface area contributed by atoms with Crippen LogP contribution < -0.4 is 10.6 Å². The van der Waals surface area contributed by atoms with Crippen molar-refractivity contribution in [2.45, 2.75) is 12.0 Å². The molecule has 0 spiro atoms. The summed E-state index contributed by atoms with van der Waals surface area (Å²) in [7, 11) is 1.62. The number of likely N-dealkylation sites (tertiary alicyclic amines) is 1. The molecule has 202 valence electrons. The minimum absolute atomic E-state index is 0.263. The topological polar surface area (TPSA) is 84.3 Å². The van der Waals surface area contributed by atoms with Gasteiger partial charge in [-0.1, -0.05) is 48.0 Å². The number of anilines is 1. The Balaban J connectivity index is 1.42. The maximum Gasteiger partial charge on any atom is 0.320 e. The molecule has 2 amide bonds. The molecule has 2 N–H and O–H groups in total. The lowest BCUT2D eigenvalue weighted by atomic mass is 9.94. The molecule has 1 saturated heterocycles. The summed E-state index contributed by atoms with van der Waals surface area (Å²) >= 11 is 6.77. The van der Waals surface area contributed by atoms with Gasteiger partial charge in [0.15, 0.2) is 17.5 Å². The van der Waals surface area contributed by atoms with Crippen LogP contribution >= 0.6 is 11.6 Å². The second kappa shape index (κ2) is 11.9. The first-order chi connectivity index (χ1) is 18.9. The van der Waals surface area contributed by atoms with E-state index in [2.05, 4.69) is 25.6 Å². The van der Waals surface area contributed by atoms with Crippen molar-refractivity contribution >= 4 is 23.4 Å². The van der Waals surface area contributed by atoms with Gasteiger partial charge in [-0.2, -0.15) is 5.10 Å². The standard InChI is InChI=1S/C28H27ClF2N6O2/c1-39-13-12-36-16-21(19-9-10-22(30)23(31)14-19)24(17-36)33-28(38)34-27-25(29)26(18-6-3-2-4-7-18)35-37(27)20-8-5-11-32-15-20/h2-11,14-15,21,24H,12-13,16-17H2,1H3,(H2,33,34,38)/t21-,24+/m0/s1. The second-order valence-corrected chi connectivity index (χ2v) is 9.62. The number of aromatic nitrogens is 3. The van der Waals surface area contributed by atoms with Crippen LogP contribution in [0.2, 0.25) is 5.02 Å². The van der Waals surface area contributed by atoms with Gasteiger partial charge in [0.25, 0.3) is 0 Å². The quantitative estimate of drug-likeness (QED) is 0.318. The molecule has 0 radical (unpaired) electrons. The number of ether oxygens (including phenoxy) is 1. The highest BCUT2D eigenvalue weighted by molar-refractivity contribution is 6.36. The normalized spacial score (nSPS) is 17.3. The Morgan fingerprint density at radius 2 is 1.92 bits per heavy atom. The number of hydrogen-bond donors (Lipinski definition) is 2. The smallest absolute Gasteiger partial charge is 0.320 e. The molecular weight excluding hydrogens is 526 g/mol. The molecule has 2 aromatic carbocycles. The van der Waals surface area contributed by atoms with Crippen molar-refractivity contribution in [1.29, 1.82) is 0 Å². The zero-order chi connectivity index (χ0) is 27.4. The van der Waals surface area contributed by atoms with Gasteiger partial charge >= 0.3 is 6.03 Å². The highest BCUT2D eigenvalue weighted by Crippen LogP contribution is 2.35. The largest absolute Gasteiger partial charge is 0.383 e. The van der Waals surface area contributed by atoms with Crippen LogP contribution in [0.25, 0.3) is 16.9 Å². The number of rotatable bonds is 8. The van der Waals surface area contributed by atoms with Gasteiger partial charge in [0.2, 0.25) is 0 Å². The lowest BCUT2D eigenvalue weighted by Crippen LogP contribution is -2.42. The number of urea groups is 1. The Labute approximate surface area is 229 Å². The minimum atomic E-state index is -0.924. The van der Waals surface area contributed by atoms with Crippen molar-refractivity contribution in [3.05, 3.63) is 95.3 Å². The fourth-order valence-electron chi connectivity index (χ4n) is 4.78. The molecule has 2 atom stereocenters. The molecule has 1 aliphatic rings. The van der Waals surface area contributed by atoms with E-state index in [0.717, 1.165) is 11.6 Å². The monoisotopic (exact) mass is 552 g/mol. The molecule has 1 fully saturated rings. The molecule has 8 nitrogen and oxygen atoms in total. The molecule has 0 saturated carbocycles. The van der Waals surface area contributed by atoms with E-state index in [4.69, 9.17) is 16.3 Å². The third-order valence-corrected chi connectivity index (χ3v) is 7.05. The maximum atomic E-state index is 14.1. The molecule has 4 aromatic rings. The van der Waals surface area contributed by atoms with Crippen LogP contribution in [0.5, 0.6) is 0 Å². The second-order valence-electron chi connectivity index (χ2n) is 9.24. The number of methoxy groups -OCH3 is 1. The zero-order valence-corrected chi connectivity index (χ0v) is 21.9. The number of nitrogens with one attached hydrogen (secondary N) is 2. The summed E-state index contributed by atoms with van der Waals surface area (Å²) in [6, 6.07) is 15.9. The maximum absolute atomic E-state index is 14.1. The fourth-order valence-corrected chi connectivity index (χ4v) is 5.05. The van der Waals surface area contributed by atoms with Gasteiger partial charge in [0, 0.05) is 44.4 Å². The van der Waals surface area contributed by atoms with E-state index in [9.17, 15) is 13.6 Å². The average Bonchev–Trinajstić information content (AvgIpc) is 3.50. The summed E-state index contributed by atoms with van der Waals surface area (Å²) in [4.78, 5) is 19.6. The molecule has 0 bridgehead atoms. The van der Waals surface area contributed by atoms with Crippen LogP contribution in [0.4, 0.5) is 19.4 Å². The van der Waals surface area contributed by atoms with Crippen molar-refractivity contribution in [3.63, 3.8) is 0 Å². The average molecular weight is 553 g/mol. The Bertz CT molecular complexity index is 1440. The van der Waals surface area contributed by atoms with E-state index in [1.807, 2.05) is 30.3 Å².